The Balaban J connectivity index is 1.77. The van der Waals surface area contributed by atoms with E-state index in [0.717, 1.165) is 11.3 Å². The molecule has 0 aliphatic rings. The molecule has 0 unspecified atom stereocenters. The van der Waals surface area contributed by atoms with Gasteiger partial charge in [-0.05, 0) is 47.9 Å². The van der Waals surface area contributed by atoms with Gasteiger partial charge in [0.25, 0.3) is 5.91 Å². The number of nitrogens with one attached hydrogen (secondary N) is 1. The average Bonchev–Trinajstić information content (AvgIpc) is 2.66. The minimum atomic E-state index is -0.357. The zero-order valence-electron chi connectivity index (χ0n) is 15.3. The molecule has 0 atom stereocenters. The number of amides is 1. The highest BCUT2D eigenvalue weighted by Crippen LogP contribution is 2.25. The monoisotopic (exact) mass is 356 g/mol. The zero-order valence-corrected chi connectivity index (χ0v) is 15.3. The highest BCUT2D eigenvalue weighted by molar-refractivity contribution is 5.83. The number of ether oxygens (including phenoxy) is 3. The van der Waals surface area contributed by atoms with Crippen molar-refractivity contribution in [2.75, 3.05) is 20.3 Å². The first kappa shape index (κ1) is 19.3. The van der Waals surface area contributed by atoms with Crippen molar-refractivity contribution in [3.63, 3.8) is 0 Å². The molecule has 6 nitrogen and oxygen atoms in total. The lowest BCUT2D eigenvalue weighted by Gasteiger charge is -2.09. The number of methoxy groups -OCH3 is 1. The molecule has 0 saturated carbocycles. The molecule has 138 valence electrons. The van der Waals surface area contributed by atoms with Crippen LogP contribution in [-0.2, 0) is 4.79 Å². The Bertz CT molecular complexity index is 727. The second kappa shape index (κ2) is 10.1. The van der Waals surface area contributed by atoms with Crippen LogP contribution in [0, 0.1) is 5.92 Å². The van der Waals surface area contributed by atoms with E-state index in [2.05, 4.69) is 24.4 Å². The Morgan fingerprint density at radius 3 is 2.42 bits per heavy atom. The molecule has 0 aliphatic heterocycles. The van der Waals surface area contributed by atoms with Gasteiger partial charge in [0.15, 0.2) is 18.1 Å². The third kappa shape index (κ3) is 6.47. The molecule has 1 N–H and O–H groups in total. The summed E-state index contributed by atoms with van der Waals surface area (Å²) >= 11 is 0. The standard InChI is InChI=1S/C20H24N2O4/c1-15(2)13-25-17-10-8-16(9-11-17)12-21-22-20(23)14-26-19-7-5-4-6-18(19)24-3/h4-12,15H,13-14H2,1-3H3,(H,22,23)/b21-12-. The largest absolute Gasteiger partial charge is 0.493 e. The number of benzene rings is 2. The van der Waals surface area contributed by atoms with Gasteiger partial charge in [0, 0.05) is 0 Å². The normalized spacial score (nSPS) is 10.8. The van der Waals surface area contributed by atoms with E-state index in [9.17, 15) is 4.79 Å². The number of hydrogen-bond donors (Lipinski definition) is 1. The van der Waals surface area contributed by atoms with Gasteiger partial charge in [-0.2, -0.15) is 5.10 Å². The van der Waals surface area contributed by atoms with Gasteiger partial charge in [-0.3, -0.25) is 4.79 Å². The maximum absolute atomic E-state index is 11.8. The fraction of sp³-hybridized carbons (Fsp3) is 0.300. The zero-order chi connectivity index (χ0) is 18.8. The SMILES string of the molecule is COc1ccccc1OCC(=O)N/N=C\c1ccc(OCC(C)C)cc1. The Hall–Kier alpha value is -3.02. The summed E-state index contributed by atoms with van der Waals surface area (Å²) in [6, 6.07) is 14.6. The van der Waals surface area contributed by atoms with E-state index >= 15 is 0 Å². The van der Waals surface area contributed by atoms with Crippen LogP contribution < -0.4 is 19.6 Å². The highest BCUT2D eigenvalue weighted by atomic mass is 16.5. The quantitative estimate of drug-likeness (QED) is 0.553. The number of nitrogens with zero attached hydrogens (tertiary/aromatic N) is 1. The minimum absolute atomic E-state index is 0.153. The van der Waals surface area contributed by atoms with Crippen molar-refractivity contribution < 1.29 is 19.0 Å². The first-order valence-electron chi connectivity index (χ1n) is 8.39. The van der Waals surface area contributed by atoms with Crippen molar-refractivity contribution >= 4 is 12.1 Å². The molecule has 0 heterocycles. The third-order valence-corrected chi connectivity index (χ3v) is 3.29. The van der Waals surface area contributed by atoms with E-state index in [4.69, 9.17) is 14.2 Å². The molecule has 26 heavy (non-hydrogen) atoms. The van der Waals surface area contributed by atoms with Crippen LogP contribution in [0.1, 0.15) is 19.4 Å². The van der Waals surface area contributed by atoms with E-state index in [0.29, 0.717) is 24.0 Å². The van der Waals surface area contributed by atoms with Crippen molar-refractivity contribution in [3.05, 3.63) is 54.1 Å². The number of rotatable bonds is 9. The van der Waals surface area contributed by atoms with Crippen molar-refractivity contribution in [2.24, 2.45) is 11.0 Å². The summed E-state index contributed by atoms with van der Waals surface area (Å²) in [7, 11) is 1.55. The molecule has 0 aromatic heterocycles. The smallest absolute Gasteiger partial charge is 0.277 e. The predicted molar refractivity (Wildman–Crippen MR) is 101 cm³/mol. The van der Waals surface area contributed by atoms with Crippen molar-refractivity contribution in [1.82, 2.24) is 5.43 Å². The van der Waals surface area contributed by atoms with Gasteiger partial charge >= 0.3 is 0 Å². The number of para-hydroxylation sites is 2. The topological polar surface area (TPSA) is 69.2 Å². The minimum Gasteiger partial charge on any atom is -0.493 e. The molecule has 0 bridgehead atoms. The molecule has 0 saturated heterocycles. The van der Waals surface area contributed by atoms with E-state index in [1.54, 1.807) is 25.5 Å². The molecule has 0 aliphatic carbocycles. The maximum atomic E-state index is 11.8. The summed E-state index contributed by atoms with van der Waals surface area (Å²) in [5.74, 6) is 2.01. The van der Waals surface area contributed by atoms with Gasteiger partial charge in [0.05, 0.1) is 19.9 Å². The van der Waals surface area contributed by atoms with Crippen LogP contribution >= 0.6 is 0 Å². The first-order valence-corrected chi connectivity index (χ1v) is 8.39. The van der Waals surface area contributed by atoms with E-state index < -0.39 is 0 Å². The lowest BCUT2D eigenvalue weighted by molar-refractivity contribution is -0.123. The van der Waals surface area contributed by atoms with Crippen LogP contribution in [0.2, 0.25) is 0 Å². The Kier molecular flexibility index (Phi) is 7.49. The molecule has 0 radical (unpaired) electrons. The molecule has 2 aromatic carbocycles. The fourth-order valence-electron chi connectivity index (χ4n) is 2.01. The fourth-order valence-corrected chi connectivity index (χ4v) is 2.01. The maximum Gasteiger partial charge on any atom is 0.277 e. The number of hydrazone groups is 1. The third-order valence-electron chi connectivity index (χ3n) is 3.29. The number of hydrogen-bond acceptors (Lipinski definition) is 5. The van der Waals surface area contributed by atoms with Gasteiger partial charge in [-0.15, -0.1) is 0 Å². The second-order valence-electron chi connectivity index (χ2n) is 6.01. The summed E-state index contributed by atoms with van der Waals surface area (Å²) in [5.41, 5.74) is 3.28. The Morgan fingerprint density at radius 1 is 1.08 bits per heavy atom. The molecule has 1 amide bonds. The van der Waals surface area contributed by atoms with Crippen LogP contribution in [-0.4, -0.2) is 32.4 Å². The van der Waals surface area contributed by atoms with Crippen LogP contribution in [0.4, 0.5) is 0 Å². The summed E-state index contributed by atoms with van der Waals surface area (Å²) in [6.45, 7) is 4.72. The lowest BCUT2D eigenvalue weighted by atomic mass is 10.2. The van der Waals surface area contributed by atoms with Crippen LogP contribution in [0.5, 0.6) is 17.2 Å². The summed E-state index contributed by atoms with van der Waals surface area (Å²) in [6.07, 6.45) is 1.56. The Labute approximate surface area is 153 Å². The van der Waals surface area contributed by atoms with E-state index in [1.807, 2.05) is 36.4 Å². The van der Waals surface area contributed by atoms with Gasteiger partial charge in [0.1, 0.15) is 5.75 Å². The summed E-state index contributed by atoms with van der Waals surface area (Å²) in [5, 5.41) is 3.92. The highest BCUT2D eigenvalue weighted by Gasteiger charge is 2.05. The van der Waals surface area contributed by atoms with Gasteiger partial charge in [0.2, 0.25) is 0 Å². The van der Waals surface area contributed by atoms with Gasteiger partial charge in [-0.1, -0.05) is 26.0 Å². The molecule has 2 rings (SSSR count). The first-order chi connectivity index (χ1) is 12.6. The summed E-state index contributed by atoms with van der Waals surface area (Å²) in [4.78, 5) is 11.8. The van der Waals surface area contributed by atoms with Crippen molar-refractivity contribution in [2.45, 2.75) is 13.8 Å². The molecule has 6 heteroatoms. The second-order valence-corrected chi connectivity index (χ2v) is 6.01. The predicted octanol–water partition coefficient (Wildman–Crippen LogP) is 3.26. The van der Waals surface area contributed by atoms with Gasteiger partial charge in [-0.25, -0.2) is 5.43 Å². The van der Waals surface area contributed by atoms with Crippen molar-refractivity contribution in [1.29, 1.82) is 0 Å². The van der Waals surface area contributed by atoms with Gasteiger partial charge < -0.3 is 14.2 Å². The summed E-state index contributed by atoms with van der Waals surface area (Å²) < 4.78 is 16.2. The Morgan fingerprint density at radius 2 is 1.77 bits per heavy atom. The molecule has 0 fully saturated rings. The van der Waals surface area contributed by atoms with Crippen LogP contribution in [0.3, 0.4) is 0 Å². The number of carbonyl (C=O) groups excluding carboxylic acids is 1. The number of carbonyl (C=O) groups is 1. The lowest BCUT2D eigenvalue weighted by Crippen LogP contribution is -2.24. The van der Waals surface area contributed by atoms with E-state index in [-0.39, 0.29) is 12.5 Å². The molecular formula is C20H24N2O4. The van der Waals surface area contributed by atoms with Crippen LogP contribution in [0.15, 0.2) is 53.6 Å². The molecule has 2 aromatic rings. The molecular weight excluding hydrogens is 332 g/mol. The van der Waals surface area contributed by atoms with Crippen molar-refractivity contribution in [3.8, 4) is 17.2 Å². The van der Waals surface area contributed by atoms with E-state index in [1.165, 1.54) is 0 Å². The average molecular weight is 356 g/mol. The molecule has 0 spiro atoms. The van der Waals surface area contributed by atoms with Crippen LogP contribution in [0.25, 0.3) is 0 Å².